The number of hydrogen-bond donors (Lipinski definition) is 1. The maximum absolute atomic E-state index is 13.2. The SMILES string of the molecule is CCn1c(C(C)N(CCOC)C(=O)Nc2ccc(Cl)c(Cl)c2)nc2ccc(Cl)cc2c1=O. The minimum Gasteiger partial charge on any atom is -0.383 e. The molecule has 7 nitrogen and oxygen atoms in total. The Balaban J connectivity index is 2.01. The number of aromatic nitrogens is 2. The predicted octanol–water partition coefficient (Wildman–Crippen LogP) is 5.62. The lowest BCUT2D eigenvalue weighted by molar-refractivity contribution is 0.136. The number of carbonyl (C=O) groups excluding carboxylic acids is 1. The van der Waals surface area contributed by atoms with Crippen molar-refractivity contribution in [2.75, 3.05) is 25.6 Å². The molecular weight excluding hydrogens is 475 g/mol. The number of benzene rings is 2. The Hall–Kier alpha value is -2.32. The van der Waals surface area contributed by atoms with Gasteiger partial charge in [0.1, 0.15) is 5.82 Å². The number of halogens is 3. The molecule has 32 heavy (non-hydrogen) atoms. The summed E-state index contributed by atoms with van der Waals surface area (Å²) in [7, 11) is 1.56. The van der Waals surface area contributed by atoms with Crippen molar-refractivity contribution in [3.8, 4) is 0 Å². The van der Waals surface area contributed by atoms with Gasteiger partial charge in [-0.15, -0.1) is 0 Å². The van der Waals surface area contributed by atoms with Crippen LogP contribution >= 0.6 is 34.8 Å². The van der Waals surface area contributed by atoms with Gasteiger partial charge in [0, 0.05) is 30.9 Å². The normalized spacial score (nSPS) is 12.1. The van der Waals surface area contributed by atoms with Crippen molar-refractivity contribution in [2.24, 2.45) is 0 Å². The quantitative estimate of drug-likeness (QED) is 0.460. The highest BCUT2D eigenvalue weighted by atomic mass is 35.5. The highest BCUT2D eigenvalue weighted by molar-refractivity contribution is 6.42. The van der Waals surface area contributed by atoms with E-state index in [9.17, 15) is 9.59 Å². The Morgan fingerprint density at radius 2 is 1.94 bits per heavy atom. The molecule has 0 aliphatic carbocycles. The molecule has 0 aliphatic heterocycles. The first-order valence-electron chi connectivity index (χ1n) is 9.98. The van der Waals surface area contributed by atoms with E-state index in [0.29, 0.717) is 50.6 Å². The zero-order valence-corrected chi connectivity index (χ0v) is 20.1. The molecule has 0 radical (unpaired) electrons. The third-order valence-electron chi connectivity index (χ3n) is 5.07. The highest BCUT2D eigenvalue weighted by Gasteiger charge is 2.26. The monoisotopic (exact) mass is 496 g/mol. The van der Waals surface area contributed by atoms with Gasteiger partial charge in [-0.25, -0.2) is 9.78 Å². The highest BCUT2D eigenvalue weighted by Crippen LogP contribution is 2.26. The molecule has 170 valence electrons. The maximum atomic E-state index is 13.2. The van der Waals surface area contributed by atoms with Gasteiger partial charge in [0.15, 0.2) is 0 Å². The van der Waals surface area contributed by atoms with Crippen molar-refractivity contribution in [1.29, 1.82) is 0 Å². The fourth-order valence-corrected chi connectivity index (χ4v) is 3.87. The van der Waals surface area contributed by atoms with Gasteiger partial charge < -0.3 is 15.0 Å². The van der Waals surface area contributed by atoms with E-state index in [1.165, 1.54) is 0 Å². The van der Waals surface area contributed by atoms with Crippen molar-refractivity contribution in [3.63, 3.8) is 0 Å². The zero-order chi connectivity index (χ0) is 23.4. The van der Waals surface area contributed by atoms with Gasteiger partial charge in [-0.3, -0.25) is 9.36 Å². The fourth-order valence-electron chi connectivity index (χ4n) is 3.40. The van der Waals surface area contributed by atoms with Crippen LogP contribution in [0.3, 0.4) is 0 Å². The number of methoxy groups -OCH3 is 1. The van der Waals surface area contributed by atoms with Crippen LogP contribution in [0.1, 0.15) is 25.7 Å². The molecule has 2 aromatic carbocycles. The summed E-state index contributed by atoms with van der Waals surface area (Å²) >= 11 is 18.1. The van der Waals surface area contributed by atoms with Gasteiger partial charge >= 0.3 is 6.03 Å². The van der Waals surface area contributed by atoms with Crippen LogP contribution in [0.25, 0.3) is 10.9 Å². The molecule has 0 saturated heterocycles. The minimum absolute atomic E-state index is 0.210. The molecule has 2 amide bonds. The first-order valence-corrected chi connectivity index (χ1v) is 11.1. The molecule has 1 unspecified atom stereocenters. The Bertz CT molecular complexity index is 1200. The van der Waals surface area contributed by atoms with Crippen LogP contribution < -0.4 is 10.9 Å². The van der Waals surface area contributed by atoms with E-state index in [4.69, 9.17) is 44.5 Å². The molecule has 0 bridgehead atoms. The molecule has 1 N–H and O–H groups in total. The molecular formula is C22H23Cl3N4O3. The number of urea groups is 1. The van der Waals surface area contributed by atoms with E-state index in [1.807, 2.05) is 13.8 Å². The lowest BCUT2D eigenvalue weighted by Crippen LogP contribution is -2.41. The topological polar surface area (TPSA) is 76.5 Å². The molecule has 1 aromatic heterocycles. The zero-order valence-electron chi connectivity index (χ0n) is 17.9. The Morgan fingerprint density at radius 3 is 2.59 bits per heavy atom. The number of nitrogens with zero attached hydrogens (tertiary/aromatic N) is 3. The number of hydrogen-bond acceptors (Lipinski definition) is 4. The second kappa shape index (κ2) is 10.5. The van der Waals surface area contributed by atoms with E-state index >= 15 is 0 Å². The van der Waals surface area contributed by atoms with Crippen LogP contribution in [-0.4, -0.2) is 40.7 Å². The number of fused-ring (bicyclic) bond motifs is 1. The summed E-state index contributed by atoms with van der Waals surface area (Å²) in [6, 6.07) is 8.90. The Labute approximate surface area is 200 Å². The average molecular weight is 498 g/mol. The summed E-state index contributed by atoms with van der Waals surface area (Å²) < 4.78 is 6.74. The van der Waals surface area contributed by atoms with Gasteiger partial charge in [-0.2, -0.15) is 0 Å². The first kappa shape index (κ1) is 24.3. The van der Waals surface area contributed by atoms with Crippen molar-refractivity contribution >= 4 is 57.4 Å². The van der Waals surface area contributed by atoms with Crippen molar-refractivity contribution < 1.29 is 9.53 Å². The Morgan fingerprint density at radius 1 is 1.19 bits per heavy atom. The number of nitrogens with one attached hydrogen (secondary N) is 1. The molecule has 0 aliphatic rings. The molecule has 0 fully saturated rings. The summed E-state index contributed by atoms with van der Waals surface area (Å²) in [5.74, 6) is 0.465. The van der Waals surface area contributed by atoms with Gasteiger partial charge in [0.25, 0.3) is 5.56 Å². The van der Waals surface area contributed by atoms with E-state index in [2.05, 4.69) is 5.32 Å². The van der Waals surface area contributed by atoms with E-state index < -0.39 is 6.04 Å². The van der Waals surface area contributed by atoms with E-state index in [1.54, 1.807) is 53.0 Å². The smallest absolute Gasteiger partial charge is 0.322 e. The van der Waals surface area contributed by atoms with Gasteiger partial charge in [0.2, 0.25) is 0 Å². The first-order chi connectivity index (χ1) is 15.3. The van der Waals surface area contributed by atoms with Crippen LogP contribution in [0, 0.1) is 0 Å². The largest absolute Gasteiger partial charge is 0.383 e. The summed E-state index contributed by atoms with van der Waals surface area (Å²) in [6.07, 6.45) is 0. The molecule has 10 heteroatoms. The van der Waals surface area contributed by atoms with Gasteiger partial charge in [-0.1, -0.05) is 34.8 Å². The van der Waals surface area contributed by atoms with Crippen molar-refractivity contribution in [1.82, 2.24) is 14.5 Å². The summed E-state index contributed by atoms with van der Waals surface area (Å²) in [6.45, 7) is 4.65. The Kier molecular flexibility index (Phi) is 8.00. The van der Waals surface area contributed by atoms with Crippen molar-refractivity contribution in [2.45, 2.75) is 26.4 Å². The van der Waals surface area contributed by atoms with Crippen LogP contribution in [0.15, 0.2) is 41.2 Å². The third kappa shape index (κ3) is 5.18. The van der Waals surface area contributed by atoms with E-state index in [0.717, 1.165) is 0 Å². The second-order valence-electron chi connectivity index (χ2n) is 7.10. The number of anilines is 1. The molecule has 1 heterocycles. The van der Waals surface area contributed by atoms with Crippen LogP contribution in [0.4, 0.5) is 10.5 Å². The average Bonchev–Trinajstić information content (AvgIpc) is 2.76. The standard InChI is InChI=1S/C22H23Cl3N4O3/c1-4-28-20(27-19-8-5-14(23)11-16(19)21(28)30)13(2)29(9-10-32-3)22(31)26-15-6-7-17(24)18(25)12-15/h5-8,11-13H,4,9-10H2,1-3H3,(H,26,31). The second-order valence-corrected chi connectivity index (χ2v) is 8.35. The van der Waals surface area contributed by atoms with Crippen LogP contribution in [0.5, 0.6) is 0 Å². The molecule has 3 rings (SSSR count). The van der Waals surface area contributed by atoms with Crippen LogP contribution in [-0.2, 0) is 11.3 Å². The molecule has 3 aromatic rings. The van der Waals surface area contributed by atoms with Crippen molar-refractivity contribution in [3.05, 3.63) is 67.6 Å². The van der Waals surface area contributed by atoms with Gasteiger partial charge in [0.05, 0.1) is 33.6 Å². The molecule has 0 spiro atoms. The number of rotatable bonds is 7. The number of ether oxygens (including phenoxy) is 1. The molecule has 0 saturated carbocycles. The third-order valence-corrected chi connectivity index (χ3v) is 6.05. The summed E-state index contributed by atoms with van der Waals surface area (Å²) in [5.41, 5.74) is 0.800. The lowest BCUT2D eigenvalue weighted by atomic mass is 10.2. The molecule has 1 atom stereocenters. The maximum Gasteiger partial charge on any atom is 0.322 e. The van der Waals surface area contributed by atoms with Gasteiger partial charge in [-0.05, 0) is 50.2 Å². The minimum atomic E-state index is -0.527. The summed E-state index contributed by atoms with van der Waals surface area (Å²) in [5, 5.41) is 4.43. The predicted molar refractivity (Wildman–Crippen MR) is 129 cm³/mol. The fraction of sp³-hybridized carbons (Fsp3) is 0.318. The van der Waals surface area contributed by atoms with E-state index in [-0.39, 0.29) is 18.1 Å². The number of amides is 2. The number of carbonyl (C=O) groups is 1. The lowest BCUT2D eigenvalue weighted by Gasteiger charge is -2.30. The van der Waals surface area contributed by atoms with Crippen LogP contribution in [0.2, 0.25) is 15.1 Å². The summed E-state index contributed by atoms with van der Waals surface area (Å²) in [4.78, 5) is 32.5.